The van der Waals surface area contributed by atoms with Crippen LogP contribution in [0.2, 0.25) is 0 Å². The monoisotopic (exact) mass is 276 g/mol. The smallest absolute Gasteiger partial charge is 0.245 e. The standard InChI is InChI=1S/C15H20N2O3/c1-11-3-5-13(6-4-11)17-9-12(7-15(17)19)8-16-14(18)10-20-2/h3-6,12H,7-10H2,1-2H3,(H,16,18). The molecule has 1 heterocycles. The Labute approximate surface area is 118 Å². The Hall–Kier alpha value is -1.88. The first kappa shape index (κ1) is 14.5. The lowest BCUT2D eigenvalue weighted by atomic mass is 10.1. The van der Waals surface area contributed by atoms with E-state index in [1.54, 1.807) is 4.90 Å². The molecule has 5 heteroatoms. The van der Waals surface area contributed by atoms with Crippen LogP contribution >= 0.6 is 0 Å². The lowest BCUT2D eigenvalue weighted by Crippen LogP contribution is -2.33. The first-order chi connectivity index (χ1) is 9.60. The molecule has 2 amide bonds. The Bertz CT molecular complexity index is 484. The fourth-order valence-corrected chi connectivity index (χ4v) is 2.33. The van der Waals surface area contributed by atoms with Crippen molar-refractivity contribution in [2.75, 3.05) is 31.7 Å². The van der Waals surface area contributed by atoms with E-state index >= 15 is 0 Å². The highest BCUT2D eigenvalue weighted by molar-refractivity contribution is 5.95. The van der Waals surface area contributed by atoms with Gasteiger partial charge in [-0.1, -0.05) is 17.7 Å². The van der Waals surface area contributed by atoms with E-state index in [4.69, 9.17) is 4.74 Å². The minimum absolute atomic E-state index is 0.0579. The van der Waals surface area contributed by atoms with Gasteiger partial charge >= 0.3 is 0 Å². The summed E-state index contributed by atoms with van der Waals surface area (Å²) in [7, 11) is 1.48. The van der Waals surface area contributed by atoms with E-state index in [2.05, 4.69) is 5.32 Å². The molecule has 1 aromatic carbocycles. The quantitative estimate of drug-likeness (QED) is 0.876. The minimum Gasteiger partial charge on any atom is -0.375 e. The maximum absolute atomic E-state index is 12.0. The summed E-state index contributed by atoms with van der Waals surface area (Å²) >= 11 is 0. The first-order valence-corrected chi connectivity index (χ1v) is 6.73. The molecule has 0 spiro atoms. The SMILES string of the molecule is COCC(=O)NCC1CC(=O)N(c2ccc(C)cc2)C1. The Morgan fingerprint density at radius 2 is 2.10 bits per heavy atom. The average Bonchev–Trinajstić information content (AvgIpc) is 2.79. The van der Waals surface area contributed by atoms with E-state index in [9.17, 15) is 9.59 Å². The van der Waals surface area contributed by atoms with Gasteiger partial charge in [0.15, 0.2) is 0 Å². The normalized spacial score (nSPS) is 18.4. The predicted molar refractivity (Wildman–Crippen MR) is 76.5 cm³/mol. The van der Waals surface area contributed by atoms with Crippen LogP contribution in [0.3, 0.4) is 0 Å². The molecule has 1 aromatic rings. The van der Waals surface area contributed by atoms with E-state index in [0.717, 1.165) is 5.69 Å². The van der Waals surface area contributed by atoms with E-state index in [1.807, 2.05) is 31.2 Å². The molecule has 5 nitrogen and oxygen atoms in total. The van der Waals surface area contributed by atoms with Gasteiger partial charge in [0.2, 0.25) is 11.8 Å². The van der Waals surface area contributed by atoms with Gasteiger partial charge in [0.1, 0.15) is 6.61 Å². The number of hydrogen-bond donors (Lipinski definition) is 1. The van der Waals surface area contributed by atoms with Crippen molar-refractivity contribution >= 4 is 17.5 Å². The van der Waals surface area contributed by atoms with Crippen LogP contribution in [-0.4, -0.2) is 38.6 Å². The van der Waals surface area contributed by atoms with Crippen LogP contribution in [0.25, 0.3) is 0 Å². The van der Waals surface area contributed by atoms with Gasteiger partial charge in [0.25, 0.3) is 0 Å². The average molecular weight is 276 g/mol. The molecule has 0 radical (unpaired) electrons. The number of benzene rings is 1. The summed E-state index contributed by atoms with van der Waals surface area (Å²) in [5, 5.41) is 2.78. The Kier molecular flexibility index (Phi) is 4.74. The van der Waals surface area contributed by atoms with E-state index in [-0.39, 0.29) is 24.3 Å². The largest absolute Gasteiger partial charge is 0.375 e. The molecule has 2 rings (SSSR count). The van der Waals surface area contributed by atoms with Crippen LogP contribution in [0.4, 0.5) is 5.69 Å². The zero-order valence-corrected chi connectivity index (χ0v) is 11.9. The number of methoxy groups -OCH3 is 1. The van der Waals surface area contributed by atoms with Crippen LogP contribution in [0.1, 0.15) is 12.0 Å². The zero-order valence-electron chi connectivity index (χ0n) is 11.9. The number of amides is 2. The number of hydrogen-bond acceptors (Lipinski definition) is 3. The number of nitrogens with zero attached hydrogens (tertiary/aromatic N) is 1. The highest BCUT2D eigenvalue weighted by atomic mass is 16.5. The van der Waals surface area contributed by atoms with Gasteiger partial charge in [-0.3, -0.25) is 9.59 Å². The molecule has 1 atom stereocenters. The fraction of sp³-hybridized carbons (Fsp3) is 0.467. The van der Waals surface area contributed by atoms with Crippen LogP contribution < -0.4 is 10.2 Å². The maximum Gasteiger partial charge on any atom is 0.245 e. The minimum atomic E-state index is -0.145. The Morgan fingerprint density at radius 3 is 2.75 bits per heavy atom. The van der Waals surface area contributed by atoms with Crippen LogP contribution in [0, 0.1) is 12.8 Å². The molecule has 1 aliphatic rings. The number of rotatable bonds is 5. The molecule has 1 N–H and O–H groups in total. The molecule has 1 fully saturated rings. The van der Waals surface area contributed by atoms with E-state index < -0.39 is 0 Å². The van der Waals surface area contributed by atoms with Gasteiger partial charge in [0, 0.05) is 38.2 Å². The summed E-state index contributed by atoms with van der Waals surface area (Å²) < 4.78 is 4.75. The van der Waals surface area contributed by atoms with Gasteiger partial charge in [-0.2, -0.15) is 0 Å². The van der Waals surface area contributed by atoms with Gasteiger partial charge in [-0.15, -0.1) is 0 Å². The Morgan fingerprint density at radius 1 is 1.40 bits per heavy atom. The van der Waals surface area contributed by atoms with Crippen molar-refractivity contribution in [1.82, 2.24) is 5.32 Å². The number of nitrogens with one attached hydrogen (secondary N) is 1. The molecule has 108 valence electrons. The first-order valence-electron chi connectivity index (χ1n) is 6.73. The van der Waals surface area contributed by atoms with Crippen molar-refractivity contribution in [1.29, 1.82) is 0 Å². The molecule has 1 aliphatic heterocycles. The summed E-state index contributed by atoms with van der Waals surface area (Å²) in [6, 6.07) is 7.91. The summed E-state index contributed by atoms with van der Waals surface area (Å²) in [5.74, 6) is 0.123. The third-order valence-corrected chi connectivity index (χ3v) is 3.41. The molecule has 0 aliphatic carbocycles. The van der Waals surface area contributed by atoms with Gasteiger partial charge in [-0.05, 0) is 19.1 Å². The fourth-order valence-electron chi connectivity index (χ4n) is 2.33. The molecule has 1 unspecified atom stereocenters. The van der Waals surface area contributed by atoms with Gasteiger partial charge in [-0.25, -0.2) is 0 Å². The molecular formula is C15H20N2O3. The Balaban J connectivity index is 1.90. The van der Waals surface area contributed by atoms with Crippen LogP contribution in [0.15, 0.2) is 24.3 Å². The molecular weight excluding hydrogens is 256 g/mol. The second-order valence-electron chi connectivity index (χ2n) is 5.15. The van der Waals surface area contributed by atoms with E-state index in [0.29, 0.717) is 19.5 Å². The summed E-state index contributed by atoms with van der Waals surface area (Å²) in [4.78, 5) is 25.1. The summed E-state index contributed by atoms with van der Waals surface area (Å²) in [6.07, 6.45) is 0.473. The third kappa shape index (κ3) is 3.57. The topological polar surface area (TPSA) is 58.6 Å². The lowest BCUT2D eigenvalue weighted by molar-refractivity contribution is -0.125. The summed E-state index contributed by atoms with van der Waals surface area (Å²) in [5.41, 5.74) is 2.09. The highest BCUT2D eigenvalue weighted by Crippen LogP contribution is 2.24. The molecule has 0 aromatic heterocycles. The number of carbonyl (C=O) groups is 2. The van der Waals surface area contributed by atoms with Crippen molar-refractivity contribution in [3.63, 3.8) is 0 Å². The molecule has 0 saturated carbocycles. The van der Waals surface area contributed by atoms with Crippen molar-refractivity contribution in [3.8, 4) is 0 Å². The second-order valence-corrected chi connectivity index (χ2v) is 5.15. The molecule has 20 heavy (non-hydrogen) atoms. The highest BCUT2D eigenvalue weighted by Gasteiger charge is 2.30. The van der Waals surface area contributed by atoms with Crippen molar-refractivity contribution in [3.05, 3.63) is 29.8 Å². The summed E-state index contributed by atoms with van der Waals surface area (Å²) in [6.45, 7) is 3.23. The van der Waals surface area contributed by atoms with Crippen molar-refractivity contribution < 1.29 is 14.3 Å². The van der Waals surface area contributed by atoms with E-state index in [1.165, 1.54) is 12.7 Å². The number of aryl methyl sites for hydroxylation is 1. The van der Waals surface area contributed by atoms with Crippen LogP contribution in [0.5, 0.6) is 0 Å². The molecule has 0 bridgehead atoms. The van der Waals surface area contributed by atoms with Crippen molar-refractivity contribution in [2.45, 2.75) is 13.3 Å². The van der Waals surface area contributed by atoms with Crippen molar-refractivity contribution in [2.24, 2.45) is 5.92 Å². The zero-order chi connectivity index (χ0) is 14.5. The third-order valence-electron chi connectivity index (χ3n) is 3.41. The van der Waals surface area contributed by atoms with Gasteiger partial charge < -0.3 is 15.0 Å². The maximum atomic E-state index is 12.0. The molecule has 1 saturated heterocycles. The van der Waals surface area contributed by atoms with Gasteiger partial charge in [0.05, 0.1) is 0 Å². The lowest BCUT2D eigenvalue weighted by Gasteiger charge is -2.17. The predicted octanol–water partition coefficient (Wildman–Crippen LogP) is 1.11. The number of carbonyl (C=O) groups excluding carboxylic acids is 2. The number of anilines is 1. The number of ether oxygens (including phenoxy) is 1. The second kappa shape index (κ2) is 6.52. The van der Waals surface area contributed by atoms with Crippen LogP contribution in [-0.2, 0) is 14.3 Å².